The van der Waals surface area contributed by atoms with Gasteiger partial charge < -0.3 is 10.1 Å². The van der Waals surface area contributed by atoms with Crippen molar-refractivity contribution >= 4 is 11.9 Å². The Labute approximate surface area is 122 Å². The molecule has 114 valence electrons. The Balaban J connectivity index is 2.34. The summed E-state index contributed by atoms with van der Waals surface area (Å²) in [7, 11) is 0. The number of allylic oxidation sites excluding steroid dienone is 1. The second-order valence-corrected chi connectivity index (χ2v) is 6.71. The van der Waals surface area contributed by atoms with E-state index in [9.17, 15) is 9.59 Å². The normalized spacial score (nSPS) is 22.8. The first-order valence-corrected chi connectivity index (χ1v) is 7.34. The smallest absolute Gasteiger partial charge is 0.408 e. The maximum Gasteiger partial charge on any atom is 0.408 e. The molecule has 4 heteroatoms. The van der Waals surface area contributed by atoms with E-state index in [1.807, 2.05) is 26.8 Å². The van der Waals surface area contributed by atoms with Gasteiger partial charge in [-0.25, -0.2) is 4.79 Å². The zero-order valence-electron chi connectivity index (χ0n) is 13.1. The van der Waals surface area contributed by atoms with E-state index >= 15 is 0 Å². The molecule has 3 atom stereocenters. The van der Waals surface area contributed by atoms with Gasteiger partial charge in [-0.15, -0.1) is 6.58 Å². The molecule has 1 aliphatic carbocycles. The number of ketones is 1. The number of alkyl carbamates (subject to hydrolysis) is 1. The Bertz CT molecular complexity index is 370. The molecule has 0 bridgehead atoms. The quantitative estimate of drug-likeness (QED) is 0.574. The van der Waals surface area contributed by atoms with Crippen molar-refractivity contribution < 1.29 is 14.3 Å². The van der Waals surface area contributed by atoms with Crippen LogP contribution in [-0.4, -0.2) is 24.0 Å². The molecule has 0 aliphatic heterocycles. The van der Waals surface area contributed by atoms with E-state index in [1.165, 1.54) is 6.92 Å². The van der Waals surface area contributed by atoms with Gasteiger partial charge in [-0.2, -0.15) is 0 Å². The van der Waals surface area contributed by atoms with Crippen molar-refractivity contribution in [3.05, 3.63) is 12.7 Å². The van der Waals surface area contributed by atoms with Gasteiger partial charge >= 0.3 is 6.09 Å². The number of rotatable bonds is 7. The van der Waals surface area contributed by atoms with Gasteiger partial charge in [-0.3, -0.25) is 4.79 Å². The van der Waals surface area contributed by atoms with Gasteiger partial charge in [0.1, 0.15) is 6.10 Å². The highest BCUT2D eigenvalue weighted by Gasteiger charge is 2.41. The summed E-state index contributed by atoms with van der Waals surface area (Å²) in [6.45, 7) is 11.0. The lowest BCUT2D eigenvalue weighted by Crippen LogP contribution is -2.48. The fourth-order valence-electron chi connectivity index (χ4n) is 2.41. The summed E-state index contributed by atoms with van der Waals surface area (Å²) in [5.74, 6) is 0.430. The fourth-order valence-corrected chi connectivity index (χ4v) is 2.41. The Morgan fingerprint density at radius 2 is 2.10 bits per heavy atom. The van der Waals surface area contributed by atoms with Gasteiger partial charge in [-0.1, -0.05) is 26.8 Å². The highest BCUT2D eigenvalue weighted by atomic mass is 16.6. The minimum Gasteiger partial charge on any atom is -0.446 e. The number of Topliss-reactive ketones (excluding diaryl/α,β-unsaturated/α-hetero) is 1. The molecule has 0 radical (unpaired) electrons. The molecule has 0 aromatic rings. The molecule has 1 fully saturated rings. The lowest BCUT2D eigenvalue weighted by Gasteiger charge is -2.28. The maximum atomic E-state index is 11.8. The Morgan fingerprint density at radius 1 is 1.45 bits per heavy atom. The first kappa shape index (κ1) is 16.7. The average molecular weight is 281 g/mol. The van der Waals surface area contributed by atoms with Crippen LogP contribution in [0, 0.1) is 11.3 Å². The van der Waals surface area contributed by atoms with Crippen LogP contribution in [0.15, 0.2) is 12.7 Å². The van der Waals surface area contributed by atoms with Crippen LogP contribution in [-0.2, 0) is 9.53 Å². The molecule has 0 spiro atoms. The molecule has 0 aromatic heterocycles. The SMILES string of the molecule is C=CCCC[C@@H]1C[C@H]1OC(=O)N[C@H](C(C)=O)C(C)(C)C. The van der Waals surface area contributed by atoms with E-state index in [1.54, 1.807) is 0 Å². The van der Waals surface area contributed by atoms with Crippen molar-refractivity contribution in [1.29, 1.82) is 0 Å². The van der Waals surface area contributed by atoms with E-state index in [-0.39, 0.29) is 17.3 Å². The number of hydrogen-bond acceptors (Lipinski definition) is 3. The molecule has 1 rings (SSSR count). The number of carbonyl (C=O) groups is 2. The van der Waals surface area contributed by atoms with Crippen LogP contribution in [0.3, 0.4) is 0 Å². The second kappa shape index (κ2) is 6.91. The van der Waals surface area contributed by atoms with E-state index in [4.69, 9.17) is 4.74 Å². The number of unbranched alkanes of at least 4 members (excludes halogenated alkanes) is 1. The van der Waals surface area contributed by atoms with Gasteiger partial charge in [0, 0.05) is 0 Å². The predicted octanol–water partition coefficient (Wildman–Crippen LogP) is 3.46. The molecule has 0 unspecified atom stereocenters. The Hall–Kier alpha value is -1.32. The minimum absolute atomic E-state index is 0.0207. The maximum absolute atomic E-state index is 11.8. The zero-order valence-corrected chi connectivity index (χ0v) is 13.1. The van der Waals surface area contributed by atoms with Crippen LogP contribution in [0.5, 0.6) is 0 Å². The van der Waals surface area contributed by atoms with Gasteiger partial charge in [0.25, 0.3) is 0 Å². The standard InChI is InChI=1S/C16H27NO3/c1-6-7-8-9-12-10-13(12)20-15(19)17-14(11(2)18)16(3,4)5/h6,12-14H,1,7-10H2,2-5H3,(H,17,19)/t12-,13-,14-/m1/s1. The fraction of sp³-hybridized carbons (Fsp3) is 0.750. The van der Waals surface area contributed by atoms with Crippen molar-refractivity contribution in [3.8, 4) is 0 Å². The van der Waals surface area contributed by atoms with Crippen LogP contribution in [0.25, 0.3) is 0 Å². The number of amides is 1. The minimum atomic E-state index is -0.507. The van der Waals surface area contributed by atoms with E-state index in [0.717, 1.165) is 25.7 Å². The molecule has 1 saturated carbocycles. The lowest BCUT2D eigenvalue weighted by atomic mass is 9.85. The van der Waals surface area contributed by atoms with Gasteiger partial charge in [0.2, 0.25) is 0 Å². The summed E-state index contributed by atoms with van der Waals surface area (Å²) >= 11 is 0. The van der Waals surface area contributed by atoms with Crippen LogP contribution in [0.4, 0.5) is 4.79 Å². The van der Waals surface area contributed by atoms with Crippen molar-refractivity contribution in [3.63, 3.8) is 0 Å². The molecule has 20 heavy (non-hydrogen) atoms. The summed E-state index contributed by atoms with van der Waals surface area (Å²) < 4.78 is 5.35. The topological polar surface area (TPSA) is 55.4 Å². The Kier molecular flexibility index (Phi) is 5.78. The predicted molar refractivity (Wildman–Crippen MR) is 79.5 cm³/mol. The third-order valence-electron chi connectivity index (χ3n) is 3.63. The molecule has 4 nitrogen and oxygen atoms in total. The second-order valence-electron chi connectivity index (χ2n) is 6.71. The van der Waals surface area contributed by atoms with Crippen LogP contribution < -0.4 is 5.32 Å². The van der Waals surface area contributed by atoms with E-state index in [2.05, 4.69) is 11.9 Å². The molecular weight excluding hydrogens is 254 g/mol. The van der Waals surface area contributed by atoms with Crippen molar-refractivity contribution in [2.45, 2.75) is 65.5 Å². The molecule has 1 N–H and O–H groups in total. The molecule has 1 aliphatic rings. The molecule has 0 saturated heterocycles. The van der Waals surface area contributed by atoms with Crippen molar-refractivity contribution in [2.75, 3.05) is 0 Å². The molecule has 1 amide bonds. The molecule has 0 heterocycles. The summed E-state index contributed by atoms with van der Waals surface area (Å²) in [4.78, 5) is 23.4. The lowest BCUT2D eigenvalue weighted by molar-refractivity contribution is -0.121. The van der Waals surface area contributed by atoms with Crippen LogP contribution in [0.2, 0.25) is 0 Å². The van der Waals surface area contributed by atoms with E-state index < -0.39 is 12.1 Å². The first-order valence-electron chi connectivity index (χ1n) is 7.34. The zero-order chi connectivity index (χ0) is 15.3. The largest absolute Gasteiger partial charge is 0.446 e. The van der Waals surface area contributed by atoms with Crippen molar-refractivity contribution in [1.82, 2.24) is 5.32 Å². The molecule has 0 aromatic carbocycles. The average Bonchev–Trinajstić information content (AvgIpc) is 3.03. The Morgan fingerprint density at radius 3 is 2.60 bits per heavy atom. The number of ether oxygens (including phenoxy) is 1. The van der Waals surface area contributed by atoms with Gasteiger partial charge in [0.15, 0.2) is 5.78 Å². The van der Waals surface area contributed by atoms with E-state index in [0.29, 0.717) is 5.92 Å². The van der Waals surface area contributed by atoms with Crippen molar-refractivity contribution in [2.24, 2.45) is 11.3 Å². The van der Waals surface area contributed by atoms with Crippen LogP contribution >= 0.6 is 0 Å². The summed E-state index contributed by atoms with van der Waals surface area (Å²) in [5, 5.41) is 2.69. The molecular formula is C16H27NO3. The van der Waals surface area contributed by atoms with Gasteiger partial charge in [0.05, 0.1) is 6.04 Å². The number of carbonyl (C=O) groups excluding carboxylic acids is 2. The third kappa shape index (κ3) is 5.35. The van der Waals surface area contributed by atoms with Crippen LogP contribution in [0.1, 0.15) is 53.4 Å². The number of hydrogen-bond donors (Lipinski definition) is 1. The highest BCUT2D eigenvalue weighted by Crippen LogP contribution is 2.38. The first-order chi connectivity index (χ1) is 9.25. The number of nitrogens with one attached hydrogen (secondary N) is 1. The highest BCUT2D eigenvalue weighted by molar-refractivity contribution is 5.86. The summed E-state index contributed by atoms with van der Waals surface area (Å²) in [6.07, 6.45) is 5.55. The van der Waals surface area contributed by atoms with Gasteiger partial charge in [-0.05, 0) is 43.9 Å². The third-order valence-corrected chi connectivity index (χ3v) is 3.63. The summed E-state index contributed by atoms with van der Waals surface area (Å²) in [5.41, 5.74) is -0.308. The monoisotopic (exact) mass is 281 g/mol. The summed E-state index contributed by atoms with van der Waals surface area (Å²) in [6, 6.07) is -0.507.